The highest BCUT2D eigenvalue weighted by Gasteiger charge is 2.34. The van der Waals surface area contributed by atoms with Crippen molar-refractivity contribution in [3.8, 4) is 11.1 Å². The molecule has 0 aromatic heterocycles. The van der Waals surface area contributed by atoms with E-state index < -0.39 is 6.04 Å². The number of carbonyl (C=O) groups excluding carboxylic acids is 3. The van der Waals surface area contributed by atoms with Crippen LogP contribution in [0.15, 0.2) is 97.1 Å². The van der Waals surface area contributed by atoms with Gasteiger partial charge in [-0.25, -0.2) is 0 Å². The second-order valence-corrected chi connectivity index (χ2v) is 9.94. The van der Waals surface area contributed by atoms with E-state index in [4.69, 9.17) is 0 Å². The Balaban J connectivity index is 1.07. The summed E-state index contributed by atoms with van der Waals surface area (Å²) >= 11 is 0. The highest BCUT2D eigenvalue weighted by molar-refractivity contribution is 5.94. The first-order chi connectivity index (χ1) is 19.1. The normalized spacial score (nSPS) is 14.8. The van der Waals surface area contributed by atoms with E-state index in [9.17, 15) is 14.4 Å². The Kier molecular flexibility index (Phi) is 8.32. The molecule has 4 aromatic carbocycles. The monoisotopic (exact) mass is 519 g/mol. The quantitative estimate of drug-likeness (QED) is 0.341. The molecule has 3 amide bonds. The molecule has 198 valence electrons. The molecule has 1 heterocycles. The maximum absolute atomic E-state index is 13.2. The Morgan fingerprint density at radius 1 is 0.769 bits per heavy atom. The summed E-state index contributed by atoms with van der Waals surface area (Å²) in [7, 11) is 0. The summed E-state index contributed by atoms with van der Waals surface area (Å²) in [4.78, 5) is 40.1. The number of hydrogen-bond donors (Lipinski definition) is 2. The zero-order chi connectivity index (χ0) is 27.0. The lowest BCUT2D eigenvalue weighted by atomic mass is 10.0. The molecule has 0 bridgehead atoms. The van der Waals surface area contributed by atoms with E-state index in [1.165, 1.54) is 5.56 Å². The maximum atomic E-state index is 13.2. The lowest BCUT2D eigenvalue weighted by Gasteiger charge is -2.24. The highest BCUT2D eigenvalue weighted by Crippen LogP contribution is 2.23. The van der Waals surface area contributed by atoms with Crippen molar-refractivity contribution in [2.75, 3.05) is 19.6 Å². The van der Waals surface area contributed by atoms with Gasteiger partial charge in [-0.2, -0.15) is 0 Å². The highest BCUT2D eigenvalue weighted by atomic mass is 16.2. The van der Waals surface area contributed by atoms with Crippen molar-refractivity contribution >= 4 is 28.5 Å². The minimum Gasteiger partial charge on any atom is -0.354 e. The summed E-state index contributed by atoms with van der Waals surface area (Å²) in [5, 5.41) is 7.75. The number of nitrogens with one attached hydrogen (secondary N) is 2. The Labute approximate surface area is 229 Å². The number of fused-ring (bicyclic) bond motifs is 1. The number of amides is 3. The molecule has 0 radical (unpaired) electrons. The van der Waals surface area contributed by atoms with Gasteiger partial charge in [0.15, 0.2) is 0 Å². The topological polar surface area (TPSA) is 78.5 Å². The smallest absolute Gasteiger partial charge is 0.243 e. The van der Waals surface area contributed by atoms with Crippen molar-refractivity contribution in [3.05, 3.63) is 108 Å². The van der Waals surface area contributed by atoms with Gasteiger partial charge in [-0.3, -0.25) is 14.4 Å². The molecule has 0 aliphatic carbocycles. The van der Waals surface area contributed by atoms with Gasteiger partial charge in [0.05, 0.1) is 13.0 Å². The second-order valence-electron chi connectivity index (χ2n) is 9.94. The zero-order valence-electron chi connectivity index (χ0n) is 21.9. The Morgan fingerprint density at radius 2 is 1.49 bits per heavy atom. The van der Waals surface area contributed by atoms with Crippen molar-refractivity contribution < 1.29 is 14.4 Å². The molecular weight excluding hydrogens is 486 g/mol. The lowest BCUT2D eigenvalue weighted by molar-refractivity contribution is -0.138. The Morgan fingerprint density at radius 3 is 2.31 bits per heavy atom. The lowest BCUT2D eigenvalue weighted by Crippen LogP contribution is -2.48. The van der Waals surface area contributed by atoms with Crippen LogP contribution in [0.25, 0.3) is 21.9 Å². The fourth-order valence-electron chi connectivity index (χ4n) is 5.24. The summed E-state index contributed by atoms with van der Waals surface area (Å²) in [6.07, 6.45) is 2.33. The van der Waals surface area contributed by atoms with Crippen LogP contribution in [0.1, 0.15) is 24.0 Å². The zero-order valence-corrected chi connectivity index (χ0v) is 21.9. The average molecular weight is 520 g/mol. The van der Waals surface area contributed by atoms with E-state index in [0.717, 1.165) is 33.9 Å². The predicted octanol–water partition coefficient (Wildman–Crippen LogP) is 4.52. The summed E-state index contributed by atoms with van der Waals surface area (Å²) in [6.45, 7) is 0.934. The van der Waals surface area contributed by atoms with Crippen molar-refractivity contribution in [3.63, 3.8) is 0 Å². The first-order valence-electron chi connectivity index (χ1n) is 13.5. The van der Waals surface area contributed by atoms with E-state index in [1.54, 1.807) is 4.90 Å². The Bertz CT molecular complexity index is 1450. The first kappa shape index (κ1) is 26.2. The molecule has 1 fully saturated rings. The molecule has 0 spiro atoms. The van der Waals surface area contributed by atoms with Crippen LogP contribution in [0.3, 0.4) is 0 Å². The van der Waals surface area contributed by atoms with Crippen LogP contribution in [0.2, 0.25) is 0 Å². The summed E-state index contributed by atoms with van der Waals surface area (Å²) in [5.74, 6) is -0.576. The molecule has 6 nitrogen and oxygen atoms in total. The van der Waals surface area contributed by atoms with Gasteiger partial charge in [-0.1, -0.05) is 97.1 Å². The van der Waals surface area contributed by atoms with Crippen molar-refractivity contribution in [2.24, 2.45) is 0 Å². The van der Waals surface area contributed by atoms with E-state index in [2.05, 4.69) is 47.0 Å². The maximum Gasteiger partial charge on any atom is 0.243 e. The number of benzene rings is 4. The predicted molar refractivity (Wildman–Crippen MR) is 154 cm³/mol. The van der Waals surface area contributed by atoms with Gasteiger partial charge in [0.1, 0.15) is 6.04 Å². The number of hydrogen-bond acceptors (Lipinski definition) is 3. The summed E-state index contributed by atoms with van der Waals surface area (Å²) in [6, 6.07) is 31.9. The van der Waals surface area contributed by atoms with Crippen molar-refractivity contribution in [1.82, 2.24) is 15.5 Å². The molecule has 1 atom stereocenters. The molecule has 39 heavy (non-hydrogen) atoms. The van der Waals surface area contributed by atoms with Gasteiger partial charge < -0.3 is 15.5 Å². The van der Waals surface area contributed by atoms with Crippen LogP contribution in [-0.4, -0.2) is 48.3 Å². The summed E-state index contributed by atoms with van der Waals surface area (Å²) < 4.78 is 0. The van der Waals surface area contributed by atoms with Gasteiger partial charge in [-0.15, -0.1) is 0 Å². The largest absolute Gasteiger partial charge is 0.354 e. The Hall–Kier alpha value is -4.45. The van der Waals surface area contributed by atoms with Crippen LogP contribution >= 0.6 is 0 Å². The standard InChI is InChI=1S/C33H33N3O3/c37-31(34-20-19-24-15-17-26(18-16-24)25-8-2-1-3-9-25)23-35-33(39)30-14-7-21-36(30)32(38)22-28-12-6-11-27-10-4-5-13-29(27)28/h1-6,8-13,15-18,30H,7,14,19-23H2,(H,34,37)(H,35,39). The van der Waals surface area contributed by atoms with Gasteiger partial charge in [0, 0.05) is 13.1 Å². The molecule has 0 saturated carbocycles. The molecule has 2 N–H and O–H groups in total. The fourth-order valence-corrected chi connectivity index (χ4v) is 5.24. The number of likely N-dealkylation sites (tertiary alicyclic amines) is 1. The second kappa shape index (κ2) is 12.4. The average Bonchev–Trinajstić information content (AvgIpc) is 3.48. The van der Waals surface area contributed by atoms with E-state index in [0.29, 0.717) is 25.9 Å². The first-order valence-corrected chi connectivity index (χ1v) is 13.5. The molecule has 1 saturated heterocycles. The molecule has 4 aromatic rings. The SMILES string of the molecule is O=C(CNC(=O)C1CCCN1C(=O)Cc1cccc2ccccc12)NCCc1ccc(-c2ccccc2)cc1. The minimum atomic E-state index is -0.539. The van der Waals surface area contributed by atoms with Crippen LogP contribution in [0, 0.1) is 0 Å². The molecule has 5 rings (SSSR count). The number of nitrogens with zero attached hydrogens (tertiary/aromatic N) is 1. The minimum absolute atomic E-state index is 0.0632. The molecule has 1 aliphatic rings. The molecule has 1 aliphatic heterocycles. The van der Waals surface area contributed by atoms with Gasteiger partial charge in [0.2, 0.25) is 17.7 Å². The van der Waals surface area contributed by atoms with Crippen molar-refractivity contribution in [1.29, 1.82) is 0 Å². The van der Waals surface area contributed by atoms with Crippen LogP contribution in [0.4, 0.5) is 0 Å². The van der Waals surface area contributed by atoms with E-state index in [1.807, 2.05) is 60.7 Å². The van der Waals surface area contributed by atoms with Crippen molar-refractivity contribution in [2.45, 2.75) is 31.7 Å². The third-order valence-corrected chi connectivity index (χ3v) is 7.32. The fraction of sp³-hybridized carbons (Fsp3) is 0.242. The molecular formula is C33H33N3O3. The van der Waals surface area contributed by atoms with Crippen LogP contribution in [0.5, 0.6) is 0 Å². The van der Waals surface area contributed by atoms with Crippen LogP contribution in [-0.2, 0) is 27.2 Å². The van der Waals surface area contributed by atoms with Crippen LogP contribution < -0.4 is 10.6 Å². The molecule has 1 unspecified atom stereocenters. The van der Waals surface area contributed by atoms with Gasteiger partial charge in [0.25, 0.3) is 0 Å². The number of carbonyl (C=O) groups is 3. The van der Waals surface area contributed by atoms with E-state index in [-0.39, 0.29) is 30.7 Å². The van der Waals surface area contributed by atoms with Gasteiger partial charge in [-0.05, 0) is 52.3 Å². The van der Waals surface area contributed by atoms with E-state index >= 15 is 0 Å². The third-order valence-electron chi connectivity index (χ3n) is 7.32. The number of rotatable bonds is 9. The van der Waals surface area contributed by atoms with Gasteiger partial charge >= 0.3 is 0 Å². The summed E-state index contributed by atoms with van der Waals surface area (Å²) in [5.41, 5.74) is 4.41. The molecule has 6 heteroatoms. The third kappa shape index (κ3) is 6.52.